The van der Waals surface area contributed by atoms with Crippen molar-refractivity contribution in [1.29, 1.82) is 0 Å². The SMILES string of the molecule is C[C@@H](NC(=O)c1cc(-c2ccncc2)c(F)cc1NC1CCN(C)CC1)c1cccc(C(F)F)c1F. The van der Waals surface area contributed by atoms with Gasteiger partial charge in [-0.05, 0) is 69.7 Å². The van der Waals surface area contributed by atoms with Crippen molar-refractivity contribution in [1.82, 2.24) is 15.2 Å². The molecule has 1 aliphatic rings. The van der Waals surface area contributed by atoms with Crippen LogP contribution in [0.15, 0.2) is 54.9 Å². The number of likely N-dealkylation sites (tertiary alicyclic amines) is 1. The predicted octanol–water partition coefficient (Wildman–Crippen LogP) is 5.96. The zero-order valence-corrected chi connectivity index (χ0v) is 20.1. The summed E-state index contributed by atoms with van der Waals surface area (Å²) in [5, 5.41) is 6.00. The van der Waals surface area contributed by atoms with Gasteiger partial charge in [-0.3, -0.25) is 9.78 Å². The van der Waals surface area contributed by atoms with E-state index in [4.69, 9.17) is 0 Å². The molecule has 2 N–H and O–H groups in total. The van der Waals surface area contributed by atoms with Gasteiger partial charge in [0.1, 0.15) is 11.6 Å². The minimum atomic E-state index is -2.97. The highest BCUT2D eigenvalue weighted by Crippen LogP contribution is 2.31. The summed E-state index contributed by atoms with van der Waals surface area (Å²) < 4.78 is 56.2. The van der Waals surface area contributed by atoms with Crippen molar-refractivity contribution < 1.29 is 22.4 Å². The highest BCUT2D eigenvalue weighted by molar-refractivity contribution is 6.01. The lowest BCUT2D eigenvalue weighted by molar-refractivity contribution is 0.0940. The first-order valence-corrected chi connectivity index (χ1v) is 11.8. The van der Waals surface area contributed by atoms with Crippen molar-refractivity contribution >= 4 is 11.6 Å². The molecule has 1 fully saturated rings. The second-order valence-corrected chi connectivity index (χ2v) is 9.08. The number of rotatable bonds is 7. The number of hydrogen-bond acceptors (Lipinski definition) is 4. The van der Waals surface area contributed by atoms with Crippen LogP contribution in [-0.2, 0) is 0 Å². The number of halogens is 4. The number of aromatic nitrogens is 1. The maximum absolute atomic E-state index is 15.2. The van der Waals surface area contributed by atoms with Crippen LogP contribution in [0.4, 0.5) is 23.2 Å². The van der Waals surface area contributed by atoms with Crippen LogP contribution in [0.2, 0.25) is 0 Å². The summed E-state index contributed by atoms with van der Waals surface area (Å²) in [6.07, 6.45) is 1.74. The highest BCUT2D eigenvalue weighted by Gasteiger charge is 2.25. The fourth-order valence-electron chi connectivity index (χ4n) is 4.43. The number of nitrogens with one attached hydrogen (secondary N) is 2. The molecule has 2 heterocycles. The van der Waals surface area contributed by atoms with Crippen molar-refractivity contribution in [2.45, 2.75) is 38.3 Å². The third-order valence-electron chi connectivity index (χ3n) is 6.53. The standard InChI is InChI=1S/C27H28F4N4O/c1-16(19-4-3-5-20(25(19)29)26(30)31)33-27(36)22-14-21(17-6-10-32-11-7-17)23(28)15-24(22)34-18-8-12-35(2)13-9-18/h3-7,10-11,14-16,18,26,34H,8-9,12-13H2,1-2H3,(H,33,36)/t16-/m1/s1. The largest absolute Gasteiger partial charge is 0.381 e. The molecule has 0 aliphatic carbocycles. The molecule has 1 aromatic heterocycles. The molecule has 1 saturated heterocycles. The number of piperidine rings is 1. The van der Waals surface area contributed by atoms with Crippen molar-refractivity contribution in [3.05, 3.63) is 83.2 Å². The number of carbonyl (C=O) groups is 1. The molecule has 0 bridgehead atoms. The Morgan fingerprint density at radius 2 is 1.72 bits per heavy atom. The Labute approximate surface area is 207 Å². The molecule has 0 spiro atoms. The highest BCUT2D eigenvalue weighted by atomic mass is 19.3. The Kier molecular flexibility index (Phi) is 7.88. The molecule has 2 aromatic carbocycles. The minimum absolute atomic E-state index is 0.0523. The summed E-state index contributed by atoms with van der Waals surface area (Å²) in [6.45, 7) is 3.25. The van der Waals surface area contributed by atoms with Crippen molar-refractivity contribution in [2.75, 3.05) is 25.5 Å². The number of nitrogens with zero attached hydrogens (tertiary/aromatic N) is 2. The molecule has 36 heavy (non-hydrogen) atoms. The first kappa shape index (κ1) is 25.6. The topological polar surface area (TPSA) is 57.3 Å². The van der Waals surface area contributed by atoms with E-state index >= 15 is 4.39 Å². The van der Waals surface area contributed by atoms with E-state index in [9.17, 15) is 18.0 Å². The Hall–Kier alpha value is -3.46. The molecule has 9 heteroatoms. The molecule has 190 valence electrons. The molecule has 0 radical (unpaired) electrons. The average Bonchev–Trinajstić information content (AvgIpc) is 2.86. The predicted molar refractivity (Wildman–Crippen MR) is 131 cm³/mol. The molecular formula is C27H28F4N4O. The van der Waals surface area contributed by atoms with Crippen LogP contribution in [0.1, 0.15) is 53.7 Å². The van der Waals surface area contributed by atoms with Gasteiger partial charge < -0.3 is 15.5 Å². The fourth-order valence-corrected chi connectivity index (χ4v) is 4.43. The Balaban J connectivity index is 1.67. The number of amides is 1. The zero-order valence-electron chi connectivity index (χ0n) is 20.1. The third kappa shape index (κ3) is 5.67. The summed E-state index contributed by atoms with van der Waals surface area (Å²) in [7, 11) is 2.03. The molecule has 1 aliphatic heterocycles. The Morgan fingerprint density at radius 3 is 2.39 bits per heavy atom. The van der Waals surface area contributed by atoms with Crippen LogP contribution in [-0.4, -0.2) is 42.0 Å². The summed E-state index contributed by atoms with van der Waals surface area (Å²) in [4.78, 5) is 19.6. The number of hydrogen-bond donors (Lipinski definition) is 2. The van der Waals surface area contributed by atoms with Crippen LogP contribution >= 0.6 is 0 Å². The second kappa shape index (κ2) is 11.1. The zero-order chi connectivity index (χ0) is 25.8. The van der Waals surface area contributed by atoms with E-state index < -0.39 is 35.6 Å². The summed E-state index contributed by atoms with van der Waals surface area (Å²) in [5.74, 6) is -2.13. The number of benzene rings is 2. The van der Waals surface area contributed by atoms with Crippen LogP contribution in [0.25, 0.3) is 11.1 Å². The van der Waals surface area contributed by atoms with E-state index in [1.165, 1.54) is 43.6 Å². The van der Waals surface area contributed by atoms with E-state index in [2.05, 4.69) is 20.5 Å². The molecule has 4 rings (SSSR count). The summed E-state index contributed by atoms with van der Waals surface area (Å²) in [6, 6.07) is 8.88. The van der Waals surface area contributed by atoms with E-state index in [-0.39, 0.29) is 22.7 Å². The quantitative estimate of drug-likeness (QED) is 0.393. The van der Waals surface area contributed by atoms with Crippen LogP contribution in [0.3, 0.4) is 0 Å². The van der Waals surface area contributed by atoms with Gasteiger partial charge in [-0.15, -0.1) is 0 Å². The van der Waals surface area contributed by atoms with Crippen LogP contribution in [0, 0.1) is 11.6 Å². The van der Waals surface area contributed by atoms with Crippen LogP contribution in [0.5, 0.6) is 0 Å². The maximum Gasteiger partial charge on any atom is 0.266 e. The van der Waals surface area contributed by atoms with Gasteiger partial charge in [0.05, 0.1) is 22.9 Å². The van der Waals surface area contributed by atoms with Gasteiger partial charge in [0.15, 0.2) is 0 Å². The maximum atomic E-state index is 15.2. The Bertz CT molecular complexity index is 1210. The third-order valence-corrected chi connectivity index (χ3v) is 6.53. The summed E-state index contributed by atoms with van der Waals surface area (Å²) in [5.41, 5.74) is 0.495. The fraction of sp³-hybridized carbons (Fsp3) is 0.333. The second-order valence-electron chi connectivity index (χ2n) is 9.08. The van der Waals surface area contributed by atoms with Gasteiger partial charge in [0.25, 0.3) is 12.3 Å². The number of alkyl halides is 2. The molecule has 0 unspecified atom stereocenters. The number of pyridine rings is 1. The lowest BCUT2D eigenvalue weighted by Crippen LogP contribution is -2.37. The lowest BCUT2D eigenvalue weighted by atomic mass is 9.98. The van der Waals surface area contributed by atoms with Gasteiger partial charge >= 0.3 is 0 Å². The van der Waals surface area contributed by atoms with Crippen molar-refractivity contribution in [2.24, 2.45) is 0 Å². The lowest BCUT2D eigenvalue weighted by Gasteiger charge is -2.31. The van der Waals surface area contributed by atoms with E-state index in [1.54, 1.807) is 12.1 Å². The van der Waals surface area contributed by atoms with Gasteiger partial charge in [-0.1, -0.05) is 18.2 Å². The van der Waals surface area contributed by atoms with Crippen molar-refractivity contribution in [3.8, 4) is 11.1 Å². The summed E-state index contributed by atoms with van der Waals surface area (Å²) >= 11 is 0. The van der Waals surface area contributed by atoms with E-state index in [0.29, 0.717) is 11.3 Å². The molecule has 5 nitrogen and oxygen atoms in total. The normalized spacial score (nSPS) is 15.6. The van der Waals surface area contributed by atoms with Gasteiger partial charge in [0.2, 0.25) is 0 Å². The first-order chi connectivity index (χ1) is 17.2. The van der Waals surface area contributed by atoms with Crippen molar-refractivity contribution in [3.63, 3.8) is 0 Å². The Morgan fingerprint density at radius 1 is 1.06 bits per heavy atom. The van der Waals surface area contributed by atoms with E-state index in [0.717, 1.165) is 32.0 Å². The minimum Gasteiger partial charge on any atom is -0.381 e. The average molecular weight is 501 g/mol. The first-order valence-electron chi connectivity index (χ1n) is 11.8. The smallest absolute Gasteiger partial charge is 0.266 e. The number of anilines is 1. The number of carbonyl (C=O) groups excluding carboxylic acids is 1. The van der Waals surface area contributed by atoms with Gasteiger partial charge in [-0.25, -0.2) is 17.6 Å². The molecule has 1 amide bonds. The van der Waals surface area contributed by atoms with E-state index in [1.807, 2.05) is 7.05 Å². The van der Waals surface area contributed by atoms with Gasteiger partial charge in [-0.2, -0.15) is 0 Å². The molecule has 1 atom stereocenters. The van der Waals surface area contributed by atoms with Gasteiger partial charge in [0, 0.05) is 29.6 Å². The molecular weight excluding hydrogens is 472 g/mol. The monoisotopic (exact) mass is 500 g/mol. The van der Waals surface area contributed by atoms with Crippen LogP contribution < -0.4 is 10.6 Å². The molecule has 3 aromatic rings. The molecule has 0 saturated carbocycles.